The van der Waals surface area contributed by atoms with Crippen LogP contribution in [0.25, 0.3) is 0 Å². The van der Waals surface area contributed by atoms with Crippen LogP contribution in [0.5, 0.6) is 5.75 Å². The van der Waals surface area contributed by atoms with Gasteiger partial charge in [-0.05, 0) is 47.8 Å². The van der Waals surface area contributed by atoms with E-state index >= 15 is 0 Å². The summed E-state index contributed by atoms with van der Waals surface area (Å²) in [5, 5.41) is 0. The fourth-order valence-electron chi connectivity index (χ4n) is 3.05. The number of benzene rings is 1. The van der Waals surface area contributed by atoms with E-state index in [1.54, 1.807) is 0 Å². The second-order valence-electron chi connectivity index (χ2n) is 10.5. The van der Waals surface area contributed by atoms with Gasteiger partial charge < -0.3 is 9.47 Å². The third kappa shape index (κ3) is 7.40. The zero-order valence-electron chi connectivity index (χ0n) is 18.2. The van der Waals surface area contributed by atoms with Gasteiger partial charge in [0.15, 0.2) is 0 Å². The van der Waals surface area contributed by atoms with Crippen molar-refractivity contribution in [2.45, 2.75) is 87.9 Å². The molecule has 0 saturated carbocycles. The standard InChI is InChI=1S/C23H40O2/c1-11-24-20(23(8,9)10)25-18-14-12-17(13-15-18)19(22(5,6)7)16-21(2,3)4/h12-15,19-20H,11,16H2,1-10H3. The molecule has 0 aliphatic carbocycles. The topological polar surface area (TPSA) is 18.5 Å². The lowest BCUT2D eigenvalue weighted by Gasteiger charge is -2.36. The molecule has 144 valence electrons. The van der Waals surface area contributed by atoms with Gasteiger partial charge in [0.1, 0.15) is 5.75 Å². The van der Waals surface area contributed by atoms with Crippen molar-refractivity contribution in [3.8, 4) is 5.75 Å². The van der Waals surface area contributed by atoms with Crippen molar-refractivity contribution >= 4 is 0 Å². The zero-order valence-corrected chi connectivity index (χ0v) is 18.2. The minimum Gasteiger partial charge on any atom is -0.464 e. The predicted octanol–water partition coefficient (Wildman–Crippen LogP) is 7.04. The van der Waals surface area contributed by atoms with Crippen LogP contribution in [-0.2, 0) is 4.74 Å². The van der Waals surface area contributed by atoms with Gasteiger partial charge >= 0.3 is 0 Å². The Balaban J connectivity index is 2.99. The molecule has 0 amide bonds. The summed E-state index contributed by atoms with van der Waals surface area (Å²) >= 11 is 0. The van der Waals surface area contributed by atoms with E-state index in [0.717, 1.165) is 5.75 Å². The summed E-state index contributed by atoms with van der Waals surface area (Å²) < 4.78 is 11.9. The van der Waals surface area contributed by atoms with Crippen LogP contribution < -0.4 is 4.74 Å². The normalized spacial score (nSPS) is 15.8. The van der Waals surface area contributed by atoms with E-state index in [9.17, 15) is 0 Å². The third-order valence-corrected chi connectivity index (χ3v) is 4.41. The Kier molecular flexibility index (Phi) is 7.15. The van der Waals surface area contributed by atoms with Crippen molar-refractivity contribution in [3.05, 3.63) is 29.8 Å². The summed E-state index contributed by atoms with van der Waals surface area (Å²) in [4.78, 5) is 0. The average Bonchev–Trinajstić information content (AvgIpc) is 2.42. The Bertz CT molecular complexity index is 509. The molecule has 25 heavy (non-hydrogen) atoms. The summed E-state index contributed by atoms with van der Waals surface area (Å²) in [6, 6.07) is 8.63. The molecule has 0 bridgehead atoms. The Morgan fingerprint density at radius 1 is 0.800 bits per heavy atom. The number of hydrogen-bond acceptors (Lipinski definition) is 2. The van der Waals surface area contributed by atoms with E-state index in [1.165, 1.54) is 12.0 Å². The van der Waals surface area contributed by atoms with Crippen molar-refractivity contribution in [3.63, 3.8) is 0 Å². The van der Waals surface area contributed by atoms with Gasteiger partial charge in [-0.15, -0.1) is 0 Å². The van der Waals surface area contributed by atoms with Crippen LogP contribution in [0.3, 0.4) is 0 Å². The van der Waals surface area contributed by atoms with Gasteiger partial charge in [0.2, 0.25) is 6.29 Å². The van der Waals surface area contributed by atoms with Crippen LogP contribution in [0.2, 0.25) is 0 Å². The first kappa shape index (κ1) is 22.0. The van der Waals surface area contributed by atoms with Crippen LogP contribution in [0.1, 0.15) is 87.1 Å². The van der Waals surface area contributed by atoms with Crippen LogP contribution in [0, 0.1) is 16.2 Å². The molecular formula is C23H40O2. The molecule has 1 rings (SSSR count). The molecule has 2 atom stereocenters. The quantitative estimate of drug-likeness (QED) is 0.513. The molecule has 0 saturated heterocycles. The van der Waals surface area contributed by atoms with Gasteiger partial charge in [0.05, 0.1) is 0 Å². The number of rotatable bonds is 6. The molecule has 0 aromatic heterocycles. The average molecular weight is 349 g/mol. The van der Waals surface area contributed by atoms with Gasteiger partial charge in [0, 0.05) is 12.0 Å². The first-order valence-corrected chi connectivity index (χ1v) is 9.62. The summed E-state index contributed by atoms with van der Waals surface area (Å²) in [5.41, 5.74) is 1.86. The van der Waals surface area contributed by atoms with Gasteiger partial charge in [-0.1, -0.05) is 74.4 Å². The highest BCUT2D eigenvalue weighted by Gasteiger charge is 2.31. The minimum absolute atomic E-state index is 0.0607. The van der Waals surface area contributed by atoms with Gasteiger partial charge in [-0.25, -0.2) is 0 Å². The highest BCUT2D eigenvalue weighted by atomic mass is 16.7. The molecule has 0 heterocycles. The van der Waals surface area contributed by atoms with E-state index in [-0.39, 0.29) is 17.1 Å². The van der Waals surface area contributed by atoms with Crippen molar-refractivity contribution in [1.29, 1.82) is 0 Å². The SMILES string of the molecule is CCOC(Oc1ccc(C(CC(C)(C)C)C(C)(C)C)cc1)C(C)(C)C. The molecule has 0 aliphatic heterocycles. The van der Waals surface area contributed by atoms with Crippen molar-refractivity contribution in [2.24, 2.45) is 16.2 Å². The molecule has 0 N–H and O–H groups in total. The lowest BCUT2D eigenvalue weighted by Crippen LogP contribution is -2.34. The van der Waals surface area contributed by atoms with Crippen molar-refractivity contribution < 1.29 is 9.47 Å². The maximum Gasteiger partial charge on any atom is 0.204 e. The molecule has 0 spiro atoms. The zero-order chi connectivity index (χ0) is 19.5. The fourth-order valence-corrected chi connectivity index (χ4v) is 3.05. The molecule has 0 aliphatic rings. The van der Waals surface area contributed by atoms with Crippen LogP contribution in [-0.4, -0.2) is 12.9 Å². The van der Waals surface area contributed by atoms with E-state index in [4.69, 9.17) is 9.47 Å². The summed E-state index contributed by atoms with van der Waals surface area (Å²) in [6.07, 6.45) is 0.927. The van der Waals surface area contributed by atoms with Gasteiger partial charge in [-0.3, -0.25) is 0 Å². The Hall–Kier alpha value is -1.02. The Morgan fingerprint density at radius 2 is 1.32 bits per heavy atom. The third-order valence-electron chi connectivity index (χ3n) is 4.41. The first-order valence-electron chi connectivity index (χ1n) is 9.62. The lowest BCUT2D eigenvalue weighted by molar-refractivity contribution is -0.137. The highest BCUT2D eigenvalue weighted by molar-refractivity contribution is 5.30. The van der Waals surface area contributed by atoms with E-state index in [2.05, 4.69) is 86.6 Å². The summed E-state index contributed by atoms with van der Waals surface area (Å²) in [6.45, 7) is 23.0. The lowest BCUT2D eigenvalue weighted by atomic mass is 9.69. The second-order valence-corrected chi connectivity index (χ2v) is 10.5. The van der Waals surface area contributed by atoms with Crippen molar-refractivity contribution in [2.75, 3.05) is 6.61 Å². The fraction of sp³-hybridized carbons (Fsp3) is 0.739. The largest absolute Gasteiger partial charge is 0.464 e. The van der Waals surface area contributed by atoms with Gasteiger partial charge in [-0.2, -0.15) is 0 Å². The summed E-state index contributed by atoms with van der Waals surface area (Å²) in [5.74, 6) is 1.40. The molecule has 0 fully saturated rings. The van der Waals surface area contributed by atoms with Crippen LogP contribution in [0.15, 0.2) is 24.3 Å². The number of ether oxygens (including phenoxy) is 2. The molecule has 1 aromatic rings. The maximum absolute atomic E-state index is 6.12. The molecule has 2 heteroatoms. The summed E-state index contributed by atoms with van der Waals surface area (Å²) in [7, 11) is 0. The van der Waals surface area contributed by atoms with E-state index in [0.29, 0.717) is 17.9 Å². The monoisotopic (exact) mass is 348 g/mol. The van der Waals surface area contributed by atoms with Crippen molar-refractivity contribution in [1.82, 2.24) is 0 Å². The van der Waals surface area contributed by atoms with Gasteiger partial charge in [0.25, 0.3) is 0 Å². The number of hydrogen-bond donors (Lipinski definition) is 0. The highest BCUT2D eigenvalue weighted by Crippen LogP contribution is 2.43. The van der Waals surface area contributed by atoms with E-state index < -0.39 is 0 Å². The molecular weight excluding hydrogens is 308 g/mol. The van der Waals surface area contributed by atoms with Crippen LogP contribution >= 0.6 is 0 Å². The smallest absolute Gasteiger partial charge is 0.204 e. The van der Waals surface area contributed by atoms with Crippen LogP contribution in [0.4, 0.5) is 0 Å². The molecule has 2 nitrogen and oxygen atoms in total. The predicted molar refractivity (Wildman–Crippen MR) is 108 cm³/mol. The Morgan fingerprint density at radius 3 is 1.68 bits per heavy atom. The molecule has 0 radical (unpaired) electrons. The van der Waals surface area contributed by atoms with E-state index in [1.807, 2.05) is 6.92 Å². The molecule has 2 unspecified atom stereocenters. The first-order chi connectivity index (χ1) is 11.2. The second kappa shape index (κ2) is 8.12. The minimum atomic E-state index is -0.240. The molecule has 1 aromatic carbocycles. The maximum atomic E-state index is 6.12. The Labute approximate surface area is 156 Å².